The number of hydrogen-bond donors (Lipinski definition) is 3. The summed E-state index contributed by atoms with van der Waals surface area (Å²) in [4.78, 5) is 20.4. The normalized spacial score (nSPS) is 17.5. The number of nitrogens with zero attached hydrogens (tertiary/aromatic N) is 2. The molecule has 0 aliphatic carbocycles. The molecule has 0 spiro atoms. The van der Waals surface area contributed by atoms with Crippen molar-refractivity contribution in [1.82, 2.24) is 14.8 Å². The molecule has 38 heavy (non-hydrogen) atoms. The fourth-order valence-electron chi connectivity index (χ4n) is 4.86. The quantitative estimate of drug-likeness (QED) is 0.298. The number of rotatable bonds is 9. The molecule has 206 valence electrons. The first kappa shape index (κ1) is 28.8. The van der Waals surface area contributed by atoms with E-state index >= 15 is 0 Å². The first-order valence-corrected chi connectivity index (χ1v) is 13.8. The highest BCUT2D eigenvalue weighted by Gasteiger charge is 2.31. The number of hydrogen-bond acceptors (Lipinski definition) is 6. The average Bonchev–Trinajstić information content (AvgIpc) is 3.29. The van der Waals surface area contributed by atoms with Gasteiger partial charge in [0.2, 0.25) is 0 Å². The van der Waals surface area contributed by atoms with Crippen molar-refractivity contribution in [2.75, 3.05) is 39.5 Å². The van der Waals surface area contributed by atoms with Crippen LogP contribution in [0.3, 0.4) is 0 Å². The zero-order chi connectivity index (χ0) is 27.6. The van der Waals surface area contributed by atoms with Gasteiger partial charge < -0.3 is 25.0 Å². The van der Waals surface area contributed by atoms with Gasteiger partial charge in [-0.1, -0.05) is 11.6 Å². The molecule has 2 aromatic carbocycles. The van der Waals surface area contributed by atoms with Gasteiger partial charge >= 0.3 is 6.18 Å². The Labute approximate surface area is 228 Å². The van der Waals surface area contributed by atoms with Crippen molar-refractivity contribution in [3.63, 3.8) is 0 Å². The van der Waals surface area contributed by atoms with Gasteiger partial charge in [0.1, 0.15) is 5.75 Å². The number of phenolic OH excluding ortho intramolecular Hbond substituents is 1. The van der Waals surface area contributed by atoms with Gasteiger partial charge in [0.15, 0.2) is 0 Å². The van der Waals surface area contributed by atoms with Crippen molar-refractivity contribution >= 4 is 34.3 Å². The Morgan fingerprint density at radius 2 is 2.03 bits per heavy atom. The number of aliphatic hydroxyl groups is 1. The molecule has 11 heteroatoms. The smallest absolute Gasteiger partial charge is 0.416 e. The summed E-state index contributed by atoms with van der Waals surface area (Å²) in [6.45, 7) is 2.93. The van der Waals surface area contributed by atoms with Gasteiger partial charge in [-0.25, -0.2) is 0 Å². The number of likely N-dealkylation sites (N-methyl/N-ethyl adjacent to an activating group) is 2. The Balaban J connectivity index is 1.59. The molecule has 2 atom stereocenters. The van der Waals surface area contributed by atoms with E-state index in [-0.39, 0.29) is 43.5 Å². The molecule has 0 saturated carbocycles. The van der Waals surface area contributed by atoms with Gasteiger partial charge in [-0.15, -0.1) is 11.8 Å². The molecule has 1 aromatic heterocycles. The van der Waals surface area contributed by atoms with E-state index in [4.69, 9.17) is 11.6 Å². The molecule has 1 aliphatic rings. The Morgan fingerprint density at radius 1 is 1.26 bits per heavy atom. The van der Waals surface area contributed by atoms with Gasteiger partial charge in [-0.05, 0) is 82.8 Å². The summed E-state index contributed by atoms with van der Waals surface area (Å²) in [6.07, 6.45) is -2.92. The zero-order valence-corrected chi connectivity index (χ0v) is 22.8. The second kappa shape index (κ2) is 11.9. The predicted molar refractivity (Wildman–Crippen MR) is 146 cm³/mol. The number of benzene rings is 2. The van der Waals surface area contributed by atoms with E-state index in [1.807, 2.05) is 0 Å². The molecule has 4 rings (SSSR count). The number of aliphatic hydroxyl groups excluding tert-OH is 1. The van der Waals surface area contributed by atoms with Crippen molar-refractivity contribution in [3.8, 4) is 16.9 Å². The second-order valence-corrected chi connectivity index (χ2v) is 11.3. The number of nitrogens with one attached hydrogen (secondary N) is 1. The van der Waals surface area contributed by atoms with Crippen LogP contribution in [0.5, 0.6) is 5.75 Å². The van der Waals surface area contributed by atoms with Gasteiger partial charge in [0.05, 0.1) is 16.6 Å². The number of thioether (sulfide) groups is 1. The number of fused-ring (bicyclic) bond motifs is 1. The second-order valence-electron chi connectivity index (χ2n) is 9.87. The third-order valence-electron chi connectivity index (χ3n) is 6.98. The molecule has 1 aliphatic heterocycles. The maximum absolute atomic E-state index is 13.5. The number of aromatic amines is 1. The van der Waals surface area contributed by atoms with Crippen LogP contribution in [0, 0.1) is 0 Å². The first-order valence-electron chi connectivity index (χ1n) is 12.4. The molecule has 3 N–H and O–H groups in total. The highest BCUT2D eigenvalue weighted by atomic mass is 35.5. The van der Waals surface area contributed by atoms with E-state index < -0.39 is 23.4 Å². The fourth-order valence-corrected chi connectivity index (χ4v) is 6.10. The Kier molecular flexibility index (Phi) is 8.99. The third-order valence-corrected chi connectivity index (χ3v) is 8.45. The van der Waals surface area contributed by atoms with E-state index in [1.165, 1.54) is 24.3 Å². The molecule has 0 bridgehead atoms. The van der Waals surface area contributed by atoms with Crippen LogP contribution in [0.4, 0.5) is 13.2 Å². The van der Waals surface area contributed by atoms with Gasteiger partial charge in [0.25, 0.3) is 5.56 Å². The number of alkyl halides is 3. The summed E-state index contributed by atoms with van der Waals surface area (Å²) in [5.74, 6) is -0.0562. The largest absolute Gasteiger partial charge is 0.507 e. The lowest BCUT2D eigenvalue weighted by Crippen LogP contribution is -2.34. The molecule has 0 amide bonds. The standard InChI is InChI=1S/C27H31ClF3N3O3S/c1-33-11-9-18(14-33)34(2)10-3-4-19(35)15-38-25-24(21-13-17(28)6-8-23(21)36)20-12-16(27(29,30)31)5-7-22(20)32-26(25)37/h5-8,12-13,18-19,35-36H,3-4,9-11,14-15H2,1-2H3,(H,32,37). The van der Waals surface area contributed by atoms with Gasteiger partial charge in [0, 0.05) is 45.4 Å². The minimum atomic E-state index is -4.59. The molecule has 6 nitrogen and oxygen atoms in total. The molecule has 0 radical (unpaired) electrons. The highest BCUT2D eigenvalue weighted by molar-refractivity contribution is 7.99. The summed E-state index contributed by atoms with van der Waals surface area (Å²) < 4.78 is 40.6. The van der Waals surface area contributed by atoms with E-state index in [1.54, 1.807) is 0 Å². The minimum absolute atomic E-state index is 0.111. The van der Waals surface area contributed by atoms with Crippen molar-refractivity contribution < 1.29 is 23.4 Å². The predicted octanol–water partition coefficient (Wildman–Crippen LogP) is 5.44. The Morgan fingerprint density at radius 3 is 2.71 bits per heavy atom. The molecule has 2 unspecified atom stereocenters. The molecule has 1 saturated heterocycles. The van der Waals surface area contributed by atoms with Crippen molar-refractivity contribution in [2.24, 2.45) is 0 Å². The van der Waals surface area contributed by atoms with E-state index in [2.05, 4.69) is 28.9 Å². The van der Waals surface area contributed by atoms with E-state index in [9.17, 15) is 28.2 Å². The number of halogens is 4. The number of phenols is 1. The number of aromatic nitrogens is 1. The van der Waals surface area contributed by atoms with Crippen molar-refractivity contribution in [2.45, 2.75) is 42.5 Å². The maximum atomic E-state index is 13.5. The first-order chi connectivity index (χ1) is 17.9. The minimum Gasteiger partial charge on any atom is -0.507 e. The molecule has 1 fully saturated rings. The van der Waals surface area contributed by atoms with Gasteiger partial charge in [-0.3, -0.25) is 4.79 Å². The SMILES string of the molecule is CN1CCC(N(C)CCCC(O)CSc2c(-c3cc(Cl)ccc3O)c3cc(C(F)(F)F)ccc3[nH]c2=O)C1. The third kappa shape index (κ3) is 6.66. The fraction of sp³-hybridized carbons (Fsp3) is 0.444. The van der Waals surface area contributed by atoms with Crippen LogP contribution in [0.15, 0.2) is 46.1 Å². The van der Waals surface area contributed by atoms with Crippen molar-refractivity contribution in [3.05, 3.63) is 57.3 Å². The number of H-pyrrole nitrogens is 1. The van der Waals surface area contributed by atoms with Crippen LogP contribution in [-0.2, 0) is 6.18 Å². The lowest BCUT2D eigenvalue weighted by molar-refractivity contribution is -0.137. The summed E-state index contributed by atoms with van der Waals surface area (Å²) in [5, 5.41) is 21.6. The van der Waals surface area contributed by atoms with E-state index in [0.29, 0.717) is 12.5 Å². The summed E-state index contributed by atoms with van der Waals surface area (Å²) in [6, 6.07) is 7.76. The topological polar surface area (TPSA) is 79.8 Å². The van der Waals surface area contributed by atoms with Gasteiger partial charge in [-0.2, -0.15) is 13.2 Å². The summed E-state index contributed by atoms with van der Waals surface area (Å²) in [5.41, 5.74) is -0.907. The Bertz CT molecular complexity index is 1350. The summed E-state index contributed by atoms with van der Waals surface area (Å²) in [7, 11) is 4.18. The maximum Gasteiger partial charge on any atom is 0.416 e. The lowest BCUT2D eigenvalue weighted by Gasteiger charge is -2.24. The molecular formula is C27H31ClF3N3O3S. The van der Waals surface area contributed by atoms with Crippen LogP contribution in [-0.4, -0.2) is 76.6 Å². The molecule has 2 heterocycles. The number of likely N-dealkylation sites (tertiary alicyclic amines) is 1. The van der Waals surface area contributed by atoms with Crippen molar-refractivity contribution in [1.29, 1.82) is 0 Å². The van der Waals surface area contributed by atoms with Crippen LogP contribution < -0.4 is 5.56 Å². The van der Waals surface area contributed by atoms with Crippen LogP contribution in [0.25, 0.3) is 22.0 Å². The molecular weight excluding hydrogens is 539 g/mol. The zero-order valence-electron chi connectivity index (χ0n) is 21.2. The van der Waals surface area contributed by atoms with Crippen LogP contribution in [0.2, 0.25) is 5.02 Å². The Hall–Kier alpha value is -2.24. The number of pyridine rings is 1. The highest BCUT2D eigenvalue weighted by Crippen LogP contribution is 2.42. The average molecular weight is 570 g/mol. The molecule has 3 aromatic rings. The summed E-state index contributed by atoms with van der Waals surface area (Å²) >= 11 is 7.20. The van der Waals surface area contributed by atoms with Crippen LogP contribution >= 0.6 is 23.4 Å². The lowest BCUT2D eigenvalue weighted by atomic mass is 9.98. The number of aromatic hydroxyl groups is 1. The van der Waals surface area contributed by atoms with Crippen LogP contribution in [0.1, 0.15) is 24.8 Å². The monoisotopic (exact) mass is 569 g/mol. The van der Waals surface area contributed by atoms with E-state index in [0.717, 1.165) is 56.4 Å².